The van der Waals surface area contributed by atoms with Gasteiger partial charge in [0, 0.05) is 18.0 Å². The van der Waals surface area contributed by atoms with Gasteiger partial charge in [0.15, 0.2) is 11.5 Å². The fraction of sp³-hybridized carbons (Fsp3) is 0.250. The number of esters is 1. The number of ether oxygens (including phenoxy) is 4. The van der Waals surface area contributed by atoms with E-state index in [4.69, 9.17) is 30.5 Å². The minimum atomic E-state index is -0.606. The molecular weight excluding hydrogens is 414 g/mol. The number of benzene rings is 1. The van der Waals surface area contributed by atoms with Crippen LogP contribution >= 0.6 is 11.6 Å². The van der Waals surface area contributed by atoms with Gasteiger partial charge in [-0.15, -0.1) is 0 Å². The summed E-state index contributed by atoms with van der Waals surface area (Å²) in [5, 5.41) is 3.07. The van der Waals surface area contributed by atoms with E-state index in [9.17, 15) is 9.59 Å². The molecule has 1 N–H and O–H groups in total. The fourth-order valence-corrected chi connectivity index (χ4v) is 2.93. The number of carbonyl (C=O) groups excluding carboxylic acids is 2. The van der Waals surface area contributed by atoms with Crippen LogP contribution in [0.3, 0.4) is 0 Å². The van der Waals surface area contributed by atoms with Crippen LogP contribution in [0.5, 0.6) is 17.2 Å². The first-order valence-electron chi connectivity index (χ1n) is 8.82. The molecule has 0 spiro atoms. The standard InChI is InChI=1S/C20H20ClN3O6/c1-27-15-6-12(7-16(28-2)19(15)29-3)20(26)22-8-18(25)30-11-14-10-24-9-13(21)4-5-17(24)23-14/h4-7,9-10H,8,11H2,1-3H3,(H,22,26). The van der Waals surface area contributed by atoms with Crippen molar-refractivity contribution in [3.05, 3.63) is 52.9 Å². The van der Waals surface area contributed by atoms with Gasteiger partial charge in [-0.3, -0.25) is 9.59 Å². The zero-order valence-electron chi connectivity index (χ0n) is 16.6. The van der Waals surface area contributed by atoms with Gasteiger partial charge in [0.05, 0.1) is 32.0 Å². The Morgan fingerprint density at radius 2 is 1.77 bits per heavy atom. The van der Waals surface area contributed by atoms with Crippen molar-refractivity contribution < 1.29 is 28.5 Å². The SMILES string of the molecule is COc1cc(C(=O)NCC(=O)OCc2cn3cc(Cl)ccc3n2)cc(OC)c1OC. The van der Waals surface area contributed by atoms with Gasteiger partial charge in [0.2, 0.25) is 5.75 Å². The first-order valence-corrected chi connectivity index (χ1v) is 9.20. The van der Waals surface area contributed by atoms with Gasteiger partial charge in [0.25, 0.3) is 5.91 Å². The molecule has 1 aromatic carbocycles. The van der Waals surface area contributed by atoms with Crippen molar-refractivity contribution in [3.8, 4) is 17.2 Å². The summed E-state index contributed by atoms with van der Waals surface area (Å²) in [7, 11) is 4.36. The molecule has 3 rings (SSSR count). The quantitative estimate of drug-likeness (QED) is 0.544. The molecule has 2 aromatic heterocycles. The molecule has 0 aliphatic rings. The zero-order chi connectivity index (χ0) is 21.7. The van der Waals surface area contributed by atoms with Crippen LogP contribution in [0.15, 0.2) is 36.7 Å². The van der Waals surface area contributed by atoms with Crippen molar-refractivity contribution in [1.29, 1.82) is 0 Å². The number of amides is 1. The van der Waals surface area contributed by atoms with Crippen LogP contribution in [-0.2, 0) is 16.1 Å². The number of hydrogen-bond donors (Lipinski definition) is 1. The number of methoxy groups -OCH3 is 3. The number of nitrogens with zero attached hydrogens (tertiary/aromatic N) is 2. The summed E-state index contributed by atoms with van der Waals surface area (Å²) in [6, 6.07) is 6.46. The number of pyridine rings is 1. The van der Waals surface area contributed by atoms with Crippen LogP contribution in [0.1, 0.15) is 16.1 Å². The number of rotatable bonds is 8. The van der Waals surface area contributed by atoms with E-state index in [1.807, 2.05) is 0 Å². The molecule has 0 saturated heterocycles. The molecule has 0 atom stereocenters. The Balaban J connectivity index is 1.58. The number of aromatic nitrogens is 2. The lowest BCUT2D eigenvalue weighted by Crippen LogP contribution is -2.30. The molecule has 0 fully saturated rings. The van der Waals surface area contributed by atoms with E-state index >= 15 is 0 Å². The molecule has 3 aromatic rings. The summed E-state index contributed by atoms with van der Waals surface area (Å²) in [6.07, 6.45) is 3.41. The van der Waals surface area contributed by atoms with Crippen molar-refractivity contribution in [2.75, 3.05) is 27.9 Å². The third-order valence-corrected chi connectivity index (χ3v) is 4.39. The highest BCUT2D eigenvalue weighted by atomic mass is 35.5. The van der Waals surface area contributed by atoms with Crippen molar-refractivity contribution >= 4 is 29.1 Å². The summed E-state index contributed by atoms with van der Waals surface area (Å²) in [6.45, 7) is -0.340. The highest BCUT2D eigenvalue weighted by Crippen LogP contribution is 2.38. The zero-order valence-corrected chi connectivity index (χ0v) is 17.4. The van der Waals surface area contributed by atoms with Crippen LogP contribution in [0.25, 0.3) is 5.65 Å². The van der Waals surface area contributed by atoms with Gasteiger partial charge in [-0.2, -0.15) is 0 Å². The van der Waals surface area contributed by atoms with Crippen LogP contribution < -0.4 is 19.5 Å². The molecule has 0 unspecified atom stereocenters. The Bertz CT molecular complexity index is 1060. The lowest BCUT2D eigenvalue weighted by molar-refractivity contribution is -0.143. The van der Waals surface area contributed by atoms with E-state index in [0.717, 1.165) is 0 Å². The van der Waals surface area contributed by atoms with E-state index in [1.165, 1.54) is 33.5 Å². The number of carbonyl (C=O) groups is 2. The smallest absolute Gasteiger partial charge is 0.325 e. The first-order chi connectivity index (χ1) is 14.4. The third-order valence-electron chi connectivity index (χ3n) is 4.17. The Morgan fingerprint density at radius 1 is 1.07 bits per heavy atom. The maximum absolute atomic E-state index is 12.4. The number of halogens is 1. The molecule has 1 amide bonds. The highest BCUT2D eigenvalue weighted by Gasteiger charge is 2.17. The minimum absolute atomic E-state index is 0.0296. The van der Waals surface area contributed by atoms with Crippen LogP contribution in [0.4, 0.5) is 0 Å². The van der Waals surface area contributed by atoms with Crippen LogP contribution in [0.2, 0.25) is 5.02 Å². The van der Waals surface area contributed by atoms with E-state index in [-0.39, 0.29) is 18.7 Å². The Morgan fingerprint density at radius 3 is 2.40 bits per heavy atom. The molecule has 0 bridgehead atoms. The molecule has 0 aliphatic carbocycles. The lowest BCUT2D eigenvalue weighted by Gasteiger charge is -2.14. The average Bonchev–Trinajstić information content (AvgIpc) is 3.16. The predicted octanol–water partition coefficient (Wildman–Crippen LogP) is 2.49. The maximum atomic E-state index is 12.4. The summed E-state index contributed by atoms with van der Waals surface area (Å²) < 4.78 is 22.6. The number of fused-ring (bicyclic) bond motifs is 1. The second kappa shape index (κ2) is 9.36. The topological polar surface area (TPSA) is 100 Å². The average molecular weight is 434 g/mol. The molecule has 158 valence electrons. The monoisotopic (exact) mass is 433 g/mol. The van der Waals surface area contributed by atoms with Crippen molar-refractivity contribution in [1.82, 2.24) is 14.7 Å². The molecule has 30 heavy (non-hydrogen) atoms. The van der Waals surface area contributed by atoms with Gasteiger partial charge in [-0.25, -0.2) is 4.98 Å². The highest BCUT2D eigenvalue weighted by molar-refractivity contribution is 6.30. The van der Waals surface area contributed by atoms with Crippen molar-refractivity contribution in [2.45, 2.75) is 6.61 Å². The van der Waals surface area contributed by atoms with Gasteiger partial charge < -0.3 is 28.7 Å². The second-order valence-electron chi connectivity index (χ2n) is 6.10. The fourth-order valence-electron chi connectivity index (χ4n) is 2.76. The molecule has 0 saturated carbocycles. The summed E-state index contributed by atoms with van der Waals surface area (Å²) in [5.74, 6) is -0.0720. The van der Waals surface area contributed by atoms with E-state index in [1.54, 1.807) is 28.9 Å². The van der Waals surface area contributed by atoms with Crippen molar-refractivity contribution in [2.24, 2.45) is 0 Å². The van der Waals surface area contributed by atoms with Gasteiger partial charge >= 0.3 is 5.97 Å². The van der Waals surface area contributed by atoms with E-state index in [0.29, 0.717) is 33.6 Å². The summed E-state index contributed by atoms with van der Waals surface area (Å²) >= 11 is 5.93. The Kier molecular flexibility index (Phi) is 6.63. The van der Waals surface area contributed by atoms with Gasteiger partial charge in [-0.1, -0.05) is 11.6 Å². The first kappa shape index (κ1) is 21.3. The largest absolute Gasteiger partial charge is 0.493 e. The maximum Gasteiger partial charge on any atom is 0.325 e. The normalized spacial score (nSPS) is 10.5. The molecule has 0 radical (unpaired) electrons. The predicted molar refractivity (Wildman–Crippen MR) is 108 cm³/mol. The lowest BCUT2D eigenvalue weighted by atomic mass is 10.1. The molecule has 0 aliphatic heterocycles. The Hall–Kier alpha value is -3.46. The van der Waals surface area contributed by atoms with E-state index < -0.39 is 11.9 Å². The van der Waals surface area contributed by atoms with Crippen molar-refractivity contribution in [3.63, 3.8) is 0 Å². The summed E-state index contributed by atoms with van der Waals surface area (Å²) in [5.41, 5.74) is 1.48. The number of imidazole rings is 1. The number of hydrogen-bond acceptors (Lipinski definition) is 7. The van der Waals surface area contributed by atoms with Crippen LogP contribution in [0, 0.1) is 0 Å². The molecule has 9 nitrogen and oxygen atoms in total. The van der Waals surface area contributed by atoms with Gasteiger partial charge in [-0.05, 0) is 24.3 Å². The molecule has 2 heterocycles. The molecular formula is C20H20ClN3O6. The number of nitrogens with one attached hydrogen (secondary N) is 1. The Labute approximate surface area is 177 Å². The van der Waals surface area contributed by atoms with Crippen LogP contribution in [-0.4, -0.2) is 49.1 Å². The van der Waals surface area contributed by atoms with E-state index in [2.05, 4.69) is 10.3 Å². The summed E-state index contributed by atoms with van der Waals surface area (Å²) in [4.78, 5) is 28.7. The third kappa shape index (κ3) is 4.74. The molecule has 10 heteroatoms. The second-order valence-corrected chi connectivity index (χ2v) is 6.54. The van der Waals surface area contributed by atoms with Gasteiger partial charge in [0.1, 0.15) is 18.8 Å². The minimum Gasteiger partial charge on any atom is -0.493 e.